The third kappa shape index (κ3) is 14.3. The van der Waals surface area contributed by atoms with Gasteiger partial charge >= 0.3 is 0 Å². The fourth-order valence-electron chi connectivity index (χ4n) is 17.3. The highest BCUT2D eigenvalue weighted by Gasteiger charge is 2.23. The third-order valence-corrected chi connectivity index (χ3v) is 24.2. The monoisotopic (exact) mass is 1570 g/mol. The average molecular weight is 1570 g/mol. The van der Waals surface area contributed by atoms with Gasteiger partial charge < -0.3 is 28.6 Å². The lowest BCUT2D eigenvalue weighted by atomic mass is 9.99. The highest BCUT2D eigenvalue weighted by molar-refractivity contribution is 7.26. The van der Waals surface area contributed by atoms with Crippen LogP contribution >= 0.6 is 11.3 Å². The third-order valence-electron chi connectivity index (χ3n) is 23.0. The second kappa shape index (κ2) is 32.4. The minimum absolute atomic E-state index is 0.900. The standard InChI is InChI=1S/C66H45N3O.C48H34N2S/c1-5-16-51(17-6-1)67(52-18-7-2-8-19-52)55-36-28-46(29-37-55)49-34-42-63-61(44-49)60-26-15-25-58(48-32-40-56(41-33-48)68(53-20-9-3-10-21-53)54-22-11-4-12-23-54)66(60)69(63)57-38-30-47(31-39-57)50-35-43-65-62(45-50)59-24-13-14-27-64(59)70-65;1-5-14-38(15-6-1)49(39-16-7-2-8-17-39)42-29-24-35(25-30-42)37-28-33-47-46(34-37)45-23-13-22-44(48(45)51-47)36-26-31-43(32-27-36)50(40-18-9-3-10-19-40)41-20-11-4-12-21-41/h1-45H;1-34H. The van der Waals surface area contributed by atoms with Crippen molar-refractivity contribution < 1.29 is 4.42 Å². The zero-order chi connectivity index (χ0) is 80.4. The summed E-state index contributed by atoms with van der Waals surface area (Å²) in [5.74, 6) is 0. The maximum Gasteiger partial charge on any atom is 0.135 e. The van der Waals surface area contributed by atoms with E-state index in [4.69, 9.17) is 4.42 Å². The first-order valence-corrected chi connectivity index (χ1v) is 41.9. The van der Waals surface area contributed by atoms with Crippen molar-refractivity contribution in [2.45, 2.75) is 0 Å². The molecule has 0 saturated heterocycles. The molecule has 0 atom stereocenters. The lowest BCUT2D eigenvalue weighted by molar-refractivity contribution is 0.669. The number of benzene rings is 19. The van der Waals surface area contributed by atoms with Crippen molar-refractivity contribution in [2.24, 2.45) is 0 Å². The summed E-state index contributed by atoms with van der Waals surface area (Å²) in [6.45, 7) is 0. The minimum atomic E-state index is 0.900. The zero-order valence-corrected chi connectivity index (χ0v) is 67.0. The molecular formula is C114H79N5OS. The van der Waals surface area contributed by atoms with E-state index >= 15 is 0 Å². The molecule has 22 aromatic rings. The Bertz CT molecular complexity index is 7220. The molecule has 0 spiro atoms. The molecule has 0 N–H and O–H groups in total. The number of rotatable bonds is 18. The Labute approximate surface area is 707 Å². The van der Waals surface area contributed by atoms with Crippen molar-refractivity contribution >= 4 is 144 Å². The number of hydrogen-bond donors (Lipinski definition) is 0. The molecule has 19 aromatic carbocycles. The van der Waals surface area contributed by atoms with E-state index < -0.39 is 0 Å². The Morgan fingerprint density at radius 3 is 0.909 bits per heavy atom. The first kappa shape index (κ1) is 72.9. The van der Waals surface area contributed by atoms with Crippen LogP contribution in [-0.2, 0) is 0 Å². The van der Waals surface area contributed by atoms with Gasteiger partial charge in [0.05, 0.1) is 11.0 Å². The van der Waals surface area contributed by atoms with Gasteiger partial charge in [0.2, 0.25) is 0 Å². The first-order chi connectivity index (χ1) is 60.0. The van der Waals surface area contributed by atoms with Crippen LogP contribution < -0.4 is 19.6 Å². The van der Waals surface area contributed by atoms with Crippen LogP contribution in [-0.4, -0.2) is 4.57 Å². The Morgan fingerprint density at radius 1 is 0.190 bits per heavy atom. The maximum absolute atomic E-state index is 6.18. The zero-order valence-electron chi connectivity index (χ0n) is 66.2. The molecule has 7 heteroatoms. The summed E-state index contributed by atoms with van der Waals surface area (Å²) in [7, 11) is 0. The molecule has 3 aromatic heterocycles. The molecule has 3 heterocycles. The number of anilines is 12. The molecule has 121 heavy (non-hydrogen) atoms. The van der Waals surface area contributed by atoms with Crippen LogP contribution in [0.1, 0.15) is 0 Å². The topological polar surface area (TPSA) is 31.0 Å². The van der Waals surface area contributed by atoms with E-state index in [0.29, 0.717) is 0 Å². The van der Waals surface area contributed by atoms with Crippen LogP contribution in [0.15, 0.2) is 484 Å². The van der Waals surface area contributed by atoms with Gasteiger partial charge in [-0.05, 0) is 250 Å². The molecule has 0 aliphatic heterocycles. The number of fused-ring (bicyclic) bond motifs is 9. The minimum Gasteiger partial charge on any atom is -0.456 e. The van der Waals surface area contributed by atoms with Gasteiger partial charge in [0, 0.05) is 121 Å². The quantitative estimate of drug-likeness (QED) is 0.0855. The number of para-hydroxylation sites is 10. The van der Waals surface area contributed by atoms with E-state index in [-0.39, 0.29) is 0 Å². The SMILES string of the molecule is c1ccc(N(c2ccccc2)c2ccc(-c3ccc4c(c3)c3cccc(-c5ccc(N(c6ccccc6)c6ccccc6)cc5)c3n4-c3ccc(-c4ccc5oc6ccccc6c5c4)cc3)cc2)cc1.c1ccc(N(c2ccccc2)c2ccc(-c3ccc4sc5c(-c6ccc(N(c7ccccc7)c7ccccc7)cc6)cccc5c4c3)cc2)cc1. The molecule has 572 valence electrons. The van der Waals surface area contributed by atoms with Gasteiger partial charge in [-0.2, -0.15) is 0 Å². The van der Waals surface area contributed by atoms with E-state index in [1.165, 1.54) is 69.8 Å². The van der Waals surface area contributed by atoms with Gasteiger partial charge in [-0.15, -0.1) is 11.3 Å². The Morgan fingerprint density at radius 2 is 0.488 bits per heavy atom. The molecule has 0 unspecified atom stereocenters. The molecule has 22 rings (SSSR count). The van der Waals surface area contributed by atoms with E-state index in [9.17, 15) is 0 Å². The van der Waals surface area contributed by atoms with Crippen LogP contribution in [0.3, 0.4) is 0 Å². The second-order valence-corrected chi connectivity index (χ2v) is 31.4. The highest BCUT2D eigenvalue weighted by atomic mass is 32.1. The fourth-order valence-corrected chi connectivity index (χ4v) is 18.5. The lowest BCUT2D eigenvalue weighted by Crippen LogP contribution is -2.09. The van der Waals surface area contributed by atoms with Gasteiger partial charge in [-0.25, -0.2) is 0 Å². The van der Waals surface area contributed by atoms with Crippen LogP contribution in [0.4, 0.5) is 68.2 Å². The van der Waals surface area contributed by atoms with E-state index in [2.05, 4.69) is 491 Å². The molecule has 0 aliphatic carbocycles. The molecule has 0 radical (unpaired) electrons. The van der Waals surface area contributed by atoms with Crippen molar-refractivity contribution in [3.63, 3.8) is 0 Å². The van der Waals surface area contributed by atoms with Gasteiger partial charge in [0.15, 0.2) is 0 Å². The van der Waals surface area contributed by atoms with E-state index in [1.807, 2.05) is 23.5 Å². The molecule has 0 amide bonds. The van der Waals surface area contributed by atoms with Crippen LogP contribution in [0.2, 0.25) is 0 Å². The number of hydrogen-bond acceptors (Lipinski definition) is 6. The molecule has 0 saturated carbocycles. The number of aromatic nitrogens is 1. The summed E-state index contributed by atoms with van der Waals surface area (Å²) in [6.07, 6.45) is 0. The summed E-state index contributed by atoms with van der Waals surface area (Å²) in [5.41, 5.74) is 30.5. The number of nitrogens with zero attached hydrogens (tertiary/aromatic N) is 5. The van der Waals surface area contributed by atoms with Crippen molar-refractivity contribution in [1.82, 2.24) is 4.57 Å². The smallest absolute Gasteiger partial charge is 0.135 e. The van der Waals surface area contributed by atoms with E-state index in [1.54, 1.807) is 0 Å². The van der Waals surface area contributed by atoms with Crippen molar-refractivity contribution in [2.75, 3.05) is 19.6 Å². The Balaban J connectivity index is 0.000000157. The van der Waals surface area contributed by atoms with Crippen molar-refractivity contribution in [1.29, 1.82) is 0 Å². The Hall–Kier alpha value is -15.8. The average Bonchev–Trinajstić information content (AvgIpc) is 1.57. The van der Waals surface area contributed by atoms with Crippen molar-refractivity contribution in [3.8, 4) is 61.3 Å². The molecule has 0 aliphatic rings. The van der Waals surface area contributed by atoms with Crippen molar-refractivity contribution in [3.05, 3.63) is 479 Å². The first-order valence-electron chi connectivity index (χ1n) is 41.1. The number of thiophene rings is 1. The van der Waals surface area contributed by atoms with Crippen LogP contribution in [0.5, 0.6) is 0 Å². The van der Waals surface area contributed by atoms with Gasteiger partial charge in [0.1, 0.15) is 11.2 Å². The largest absolute Gasteiger partial charge is 0.456 e. The second-order valence-electron chi connectivity index (χ2n) is 30.3. The maximum atomic E-state index is 6.18. The number of furan rings is 1. The van der Waals surface area contributed by atoms with Gasteiger partial charge in [0.25, 0.3) is 0 Å². The van der Waals surface area contributed by atoms with Crippen LogP contribution in [0.25, 0.3) is 125 Å². The molecule has 0 bridgehead atoms. The van der Waals surface area contributed by atoms with Crippen LogP contribution in [0, 0.1) is 0 Å². The predicted molar refractivity (Wildman–Crippen MR) is 513 cm³/mol. The highest BCUT2D eigenvalue weighted by Crippen LogP contribution is 2.47. The predicted octanol–water partition coefficient (Wildman–Crippen LogP) is 33.0. The van der Waals surface area contributed by atoms with E-state index in [0.717, 1.165) is 124 Å². The Kier molecular flexibility index (Phi) is 19.5. The summed E-state index contributed by atoms with van der Waals surface area (Å²) < 4.78 is 11.2. The van der Waals surface area contributed by atoms with Gasteiger partial charge in [-0.1, -0.05) is 279 Å². The van der Waals surface area contributed by atoms with Gasteiger partial charge in [-0.3, -0.25) is 0 Å². The summed E-state index contributed by atoms with van der Waals surface area (Å²) >= 11 is 1.88. The molecular weight excluding hydrogens is 1490 g/mol. The fraction of sp³-hybridized carbons (Fsp3) is 0. The molecule has 0 fully saturated rings. The normalized spacial score (nSPS) is 11.3. The lowest BCUT2D eigenvalue weighted by Gasteiger charge is -2.25. The summed E-state index contributed by atoms with van der Waals surface area (Å²) in [6, 6.07) is 172. The summed E-state index contributed by atoms with van der Waals surface area (Å²) in [4.78, 5) is 9.22. The summed E-state index contributed by atoms with van der Waals surface area (Å²) in [5, 5.41) is 7.25. The molecule has 6 nitrogen and oxygen atoms in total.